The molecule has 3 rings (SSSR count). The molecular formula is C18H26N2O2. The van der Waals surface area contributed by atoms with E-state index >= 15 is 0 Å². The number of aryl methyl sites for hydroxylation is 1. The minimum absolute atomic E-state index is 0.0688. The summed E-state index contributed by atoms with van der Waals surface area (Å²) in [5.74, 6) is 0. The third-order valence-electron chi connectivity index (χ3n) is 5.05. The zero-order valence-electron chi connectivity index (χ0n) is 13.4. The molecule has 22 heavy (non-hydrogen) atoms. The molecule has 2 aliphatic rings. The van der Waals surface area contributed by atoms with Gasteiger partial charge in [0.15, 0.2) is 0 Å². The fourth-order valence-electron chi connectivity index (χ4n) is 3.27. The first-order valence-electron chi connectivity index (χ1n) is 8.45. The second-order valence-corrected chi connectivity index (χ2v) is 6.42. The second-order valence-electron chi connectivity index (χ2n) is 6.42. The van der Waals surface area contributed by atoms with E-state index in [4.69, 9.17) is 4.74 Å². The highest BCUT2D eigenvalue weighted by molar-refractivity contribution is 5.74. The first-order chi connectivity index (χ1) is 10.7. The van der Waals surface area contributed by atoms with Crippen molar-refractivity contribution in [2.24, 2.45) is 0 Å². The highest BCUT2D eigenvalue weighted by Crippen LogP contribution is 2.36. The number of piperidine rings is 1. The van der Waals surface area contributed by atoms with Crippen LogP contribution in [0.15, 0.2) is 24.3 Å². The van der Waals surface area contributed by atoms with Crippen LogP contribution < -0.4 is 5.32 Å². The lowest BCUT2D eigenvalue weighted by atomic mass is 9.84. The second kappa shape index (κ2) is 6.69. The van der Waals surface area contributed by atoms with Gasteiger partial charge in [-0.05, 0) is 43.2 Å². The molecule has 2 fully saturated rings. The molecular weight excluding hydrogens is 276 g/mol. The molecule has 2 amide bonds. The van der Waals surface area contributed by atoms with Gasteiger partial charge in [0.2, 0.25) is 0 Å². The number of ether oxygens (including phenoxy) is 1. The summed E-state index contributed by atoms with van der Waals surface area (Å²) in [5.41, 5.74) is 2.74. The molecule has 4 nitrogen and oxygen atoms in total. The van der Waals surface area contributed by atoms with Crippen LogP contribution in [-0.2, 0) is 17.6 Å². The summed E-state index contributed by atoms with van der Waals surface area (Å²) in [6.07, 6.45) is 5.09. The van der Waals surface area contributed by atoms with Crippen LogP contribution in [0, 0.1) is 0 Å². The van der Waals surface area contributed by atoms with E-state index < -0.39 is 0 Å². The lowest BCUT2D eigenvalue weighted by molar-refractivity contribution is -0.169. The van der Waals surface area contributed by atoms with Gasteiger partial charge in [-0.1, -0.05) is 31.2 Å². The molecule has 2 aliphatic heterocycles. The predicted molar refractivity (Wildman–Crippen MR) is 87.0 cm³/mol. The van der Waals surface area contributed by atoms with Gasteiger partial charge in [-0.25, -0.2) is 4.79 Å². The van der Waals surface area contributed by atoms with Crippen molar-refractivity contribution >= 4 is 6.03 Å². The Bertz CT molecular complexity index is 498. The molecule has 4 heteroatoms. The number of amides is 2. The number of nitrogens with zero attached hydrogens (tertiary/aromatic N) is 1. The van der Waals surface area contributed by atoms with Gasteiger partial charge >= 0.3 is 6.03 Å². The highest BCUT2D eigenvalue weighted by atomic mass is 16.5. The van der Waals surface area contributed by atoms with E-state index in [1.807, 2.05) is 4.90 Å². The van der Waals surface area contributed by atoms with E-state index in [1.165, 1.54) is 11.1 Å². The first kappa shape index (κ1) is 15.3. The molecule has 1 aromatic carbocycles. The smallest absolute Gasteiger partial charge is 0.317 e. The minimum Gasteiger partial charge on any atom is -0.375 e. The molecule has 1 N–H and O–H groups in total. The summed E-state index contributed by atoms with van der Waals surface area (Å²) >= 11 is 0. The van der Waals surface area contributed by atoms with Gasteiger partial charge < -0.3 is 15.0 Å². The van der Waals surface area contributed by atoms with Gasteiger partial charge in [-0.15, -0.1) is 0 Å². The van der Waals surface area contributed by atoms with Gasteiger partial charge in [-0.2, -0.15) is 0 Å². The van der Waals surface area contributed by atoms with Gasteiger partial charge in [-0.3, -0.25) is 0 Å². The zero-order valence-corrected chi connectivity index (χ0v) is 13.4. The Morgan fingerprint density at radius 3 is 2.36 bits per heavy atom. The molecule has 2 saturated heterocycles. The maximum atomic E-state index is 12.2. The van der Waals surface area contributed by atoms with Crippen molar-refractivity contribution in [3.63, 3.8) is 0 Å². The third kappa shape index (κ3) is 3.43. The summed E-state index contributed by atoms with van der Waals surface area (Å²) in [4.78, 5) is 14.1. The third-order valence-corrected chi connectivity index (χ3v) is 5.05. The maximum Gasteiger partial charge on any atom is 0.317 e. The summed E-state index contributed by atoms with van der Waals surface area (Å²) in [6.45, 7) is 5.38. The number of hydrogen-bond donors (Lipinski definition) is 1. The molecule has 0 bridgehead atoms. The number of likely N-dealkylation sites (tertiary alicyclic amines) is 1. The van der Waals surface area contributed by atoms with Crippen molar-refractivity contribution < 1.29 is 9.53 Å². The number of carbonyl (C=O) groups is 1. The number of urea groups is 1. The van der Waals surface area contributed by atoms with E-state index in [-0.39, 0.29) is 11.6 Å². The topological polar surface area (TPSA) is 41.6 Å². The number of nitrogens with one attached hydrogen (secondary N) is 1. The number of carbonyl (C=O) groups excluding carboxylic acids is 1. The van der Waals surface area contributed by atoms with E-state index in [9.17, 15) is 4.79 Å². The molecule has 2 heterocycles. The van der Waals surface area contributed by atoms with E-state index in [0.29, 0.717) is 6.54 Å². The molecule has 0 aliphatic carbocycles. The molecule has 0 saturated carbocycles. The fraction of sp³-hybridized carbons (Fsp3) is 0.611. The lowest BCUT2D eigenvalue weighted by Gasteiger charge is -2.47. The fourth-order valence-corrected chi connectivity index (χ4v) is 3.27. The van der Waals surface area contributed by atoms with Gasteiger partial charge in [0.05, 0.1) is 12.2 Å². The summed E-state index contributed by atoms with van der Waals surface area (Å²) in [5, 5.41) is 3.04. The Morgan fingerprint density at radius 1 is 1.18 bits per heavy atom. The minimum atomic E-state index is 0.0688. The van der Waals surface area contributed by atoms with Crippen LogP contribution in [0.2, 0.25) is 0 Å². The SMILES string of the molecule is CCc1ccc(CCNC(=O)N2CCC3(CCO3)CC2)cc1. The van der Waals surface area contributed by atoms with Gasteiger partial charge in [0.1, 0.15) is 0 Å². The number of hydrogen-bond acceptors (Lipinski definition) is 2. The van der Waals surface area contributed by atoms with Crippen LogP contribution in [0.3, 0.4) is 0 Å². The first-order valence-corrected chi connectivity index (χ1v) is 8.45. The van der Waals surface area contributed by atoms with Crippen LogP contribution in [0.4, 0.5) is 4.79 Å². The van der Waals surface area contributed by atoms with Crippen molar-refractivity contribution in [3.8, 4) is 0 Å². The van der Waals surface area contributed by atoms with Crippen LogP contribution in [-0.4, -0.2) is 42.8 Å². The summed E-state index contributed by atoms with van der Waals surface area (Å²) in [6, 6.07) is 8.71. The summed E-state index contributed by atoms with van der Waals surface area (Å²) < 4.78 is 5.69. The average molecular weight is 302 g/mol. The molecule has 1 spiro atoms. The largest absolute Gasteiger partial charge is 0.375 e. The molecule has 0 atom stereocenters. The van der Waals surface area contributed by atoms with E-state index in [1.54, 1.807) is 0 Å². The van der Waals surface area contributed by atoms with Gasteiger partial charge in [0, 0.05) is 19.6 Å². The lowest BCUT2D eigenvalue weighted by Crippen LogP contribution is -2.55. The van der Waals surface area contributed by atoms with Crippen LogP contribution in [0.5, 0.6) is 0 Å². The van der Waals surface area contributed by atoms with Crippen LogP contribution in [0.1, 0.15) is 37.3 Å². The Hall–Kier alpha value is -1.55. The monoisotopic (exact) mass is 302 g/mol. The maximum absolute atomic E-state index is 12.2. The Kier molecular flexibility index (Phi) is 4.67. The van der Waals surface area contributed by atoms with Crippen molar-refractivity contribution in [1.82, 2.24) is 10.2 Å². The van der Waals surface area contributed by atoms with E-state index in [2.05, 4.69) is 36.5 Å². The molecule has 0 aromatic heterocycles. The summed E-state index contributed by atoms with van der Waals surface area (Å²) in [7, 11) is 0. The zero-order chi connectivity index (χ0) is 15.4. The van der Waals surface area contributed by atoms with Crippen molar-refractivity contribution in [2.75, 3.05) is 26.2 Å². The van der Waals surface area contributed by atoms with Crippen molar-refractivity contribution in [1.29, 1.82) is 0 Å². The molecule has 1 aromatic rings. The number of benzene rings is 1. The average Bonchev–Trinajstić information content (AvgIpc) is 2.54. The van der Waals surface area contributed by atoms with Crippen molar-refractivity contribution in [2.45, 2.75) is 44.6 Å². The van der Waals surface area contributed by atoms with Crippen LogP contribution >= 0.6 is 0 Å². The predicted octanol–water partition coefficient (Wildman–Crippen LogP) is 2.76. The molecule has 0 radical (unpaired) electrons. The van der Waals surface area contributed by atoms with E-state index in [0.717, 1.165) is 51.8 Å². The highest BCUT2D eigenvalue weighted by Gasteiger charge is 2.41. The van der Waals surface area contributed by atoms with Crippen molar-refractivity contribution in [3.05, 3.63) is 35.4 Å². The Balaban J connectivity index is 1.38. The standard InChI is InChI=1S/C18H26N2O2/c1-2-15-3-5-16(6-4-15)7-11-19-17(21)20-12-8-18(9-13-20)10-14-22-18/h3-6H,2,7-14H2,1H3,(H,19,21). The normalized spacial score (nSPS) is 19.8. The number of rotatable bonds is 4. The Morgan fingerprint density at radius 2 is 1.82 bits per heavy atom. The molecule has 0 unspecified atom stereocenters. The van der Waals surface area contributed by atoms with Gasteiger partial charge in [0.25, 0.3) is 0 Å². The van der Waals surface area contributed by atoms with Crippen LogP contribution in [0.25, 0.3) is 0 Å². The quantitative estimate of drug-likeness (QED) is 0.929. The molecule has 120 valence electrons. The Labute approximate surface area is 132 Å².